The molecular weight excluding hydrogens is 327 g/mol. The summed E-state index contributed by atoms with van der Waals surface area (Å²) in [7, 11) is 1.52. The molecule has 0 saturated heterocycles. The second-order valence-corrected chi connectivity index (χ2v) is 8.00. The molecular formula is C18H24O2Se. The summed E-state index contributed by atoms with van der Waals surface area (Å²) in [5.41, 5.74) is -0.328. The van der Waals surface area contributed by atoms with Gasteiger partial charge in [-0.05, 0) is 0 Å². The minimum absolute atomic E-state index is 0.0315. The zero-order valence-electron chi connectivity index (χ0n) is 12.7. The van der Waals surface area contributed by atoms with Crippen molar-refractivity contribution in [2.24, 2.45) is 11.3 Å². The Morgan fingerprint density at radius 3 is 2.86 bits per heavy atom. The first-order valence-electron chi connectivity index (χ1n) is 7.60. The molecule has 0 aromatic heterocycles. The summed E-state index contributed by atoms with van der Waals surface area (Å²) < 4.78 is 6.56. The Hall–Kier alpha value is -1.05. The standard InChI is InChI=1S/C18H24O2Se/c1-3-12-18(17(19)20-2)13-8-7-9-15(18)14-21-16-10-5-4-6-11-16/h3-6,10-11,15H,1,7-9,12-14H2,2H3/t15-,18-/m1/s1. The Morgan fingerprint density at radius 2 is 2.19 bits per heavy atom. The maximum atomic E-state index is 12.4. The summed E-state index contributed by atoms with van der Waals surface area (Å²) in [5.74, 6) is 0.396. The Labute approximate surface area is 134 Å². The molecule has 0 spiro atoms. The molecule has 0 heterocycles. The molecule has 0 bridgehead atoms. The van der Waals surface area contributed by atoms with E-state index in [9.17, 15) is 4.79 Å². The topological polar surface area (TPSA) is 26.3 Å². The minimum atomic E-state index is -0.328. The number of ether oxygens (including phenoxy) is 1. The molecule has 0 aliphatic heterocycles. The molecule has 0 unspecified atom stereocenters. The second kappa shape index (κ2) is 7.82. The van der Waals surface area contributed by atoms with E-state index in [1.165, 1.54) is 18.0 Å². The fraction of sp³-hybridized carbons (Fsp3) is 0.500. The van der Waals surface area contributed by atoms with Gasteiger partial charge in [0.1, 0.15) is 0 Å². The van der Waals surface area contributed by atoms with Crippen molar-refractivity contribution in [3.8, 4) is 0 Å². The molecule has 2 rings (SSSR count). The van der Waals surface area contributed by atoms with E-state index in [-0.39, 0.29) is 11.4 Å². The number of benzene rings is 1. The van der Waals surface area contributed by atoms with Crippen LogP contribution in [0.2, 0.25) is 5.32 Å². The van der Waals surface area contributed by atoms with E-state index in [2.05, 4.69) is 36.9 Å². The van der Waals surface area contributed by atoms with Gasteiger partial charge in [-0.3, -0.25) is 0 Å². The number of carbonyl (C=O) groups excluding carboxylic acids is 1. The summed E-state index contributed by atoms with van der Waals surface area (Å²) in [6, 6.07) is 10.6. The Balaban J connectivity index is 2.12. The maximum absolute atomic E-state index is 12.4. The molecule has 114 valence electrons. The van der Waals surface area contributed by atoms with Crippen LogP contribution in [0, 0.1) is 11.3 Å². The van der Waals surface area contributed by atoms with Crippen LogP contribution >= 0.6 is 0 Å². The van der Waals surface area contributed by atoms with Gasteiger partial charge in [0.2, 0.25) is 0 Å². The van der Waals surface area contributed by atoms with Gasteiger partial charge >= 0.3 is 134 Å². The van der Waals surface area contributed by atoms with E-state index in [1.807, 2.05) is 6.08 Å². The van der Waals surface area contributed by atoms with Crippen LogP contribution in [-0.4, -0.2) is 28.0 Å². The Bertz CT molecular complexity index is 471. The molecule has 21 heavy (non-hydrogen) atoms. The third kappa shape index (κ3) is 3.78. The second-order valence-electron chi connectivity index (χ2n) is 5.71. The molecule has 1 aromatic carbocycles. The molecule has 1 aromatic rings. The van der Waals surface area contributed by atoms with Crippen LogP contribution < -0.4 is 4.46 Å². The summed E-state index contributed by atoms with van der Waals surface area (Å²) in [6.07, 6.45) is 7.07. The molecule has 1 saturated carbocycles. The van der Waals surface area contributed by atoms with E-state index in [0.29, 0.717) is 20.9 Å². The molecule has 1 aliphatic rings. The first-order valence-corrected chi connectivity index (χ1v) is 9.67. The fourth-order valence-electron chi connectivity index (χ4n) is 3.35. The van der Waals surface area contributed by atoms with Crippen molar-refractivity contribution in [2.75, 3.05) is 7.11 Å². The van der Waals surface area contributed by atoms with Gasteiger partial charge in [0.25, 0.3) is 0 Å². The van der Waals surface area contributed by atoms with Crippen molar-refractivity contribution in [3.63, 3.8) is 0 Å². The normalized spacial score (nSPS) is 25.3. The average molecular weight is 351 g/mol. The Kier molecular flexibility index (Phi) is 6.07. The molecule has 3 heteroatoms. The van der Waals surface area contributed by atoms with Gasteiger partial charge in [-0.25, -0.2) is 0 Å². The predicted octanol–water partition coefficient (Wildman–Crippen LogP) is 3.36. The summed E-state index contributed by atoms with van der Waals surface area (Å²) in [5, 5.41) is 1.11. The average Bonchev–Trinajstić information content (AvgIpc) is 2.54. The molecule has 0 radical (unpaired) electrons. The number of hydrogen-bond donors (Lipinski definition) is 0. The molecule has 2 nitrogen and oxygen atoms in total. The van der Waals surface area contributed by atoms with E-state index < -0.39 is 0 Å². The number of methoxy groups -OCH3 is 1. The monoisotopic (exact) mass is 352 g/mol. The number of carbonyl (C=O) groups is 1. The summed E-state index contributed by atoms with van der Waals surface area (Å²) in [4.78, 5) is 12.4. The van der Waals surface area contributed by atoms with Crippen LogP contribution in [0.4, 0.5) is 0 Å². The van der Waals surface area contributed by atoms with Crippen molar-refractivity contribution in [2.45, 2.75) is 37.4 Å². The molecule has 1 aliphatic carbocycles. The number of hydrogen-bond acceptors (Lipinski definition) is 2. The zero-order valence-corrected chi connectivity index (χ0v) is 14.4. The van der Waals surface area contributed by atoms with Gasteiger partial charge in [-0.15, -0.1) is 0 Å². The van der Waals surface area contributed by atoms with Crippen molar-refractivity contribution in [1.82, 2.24) is 0 Å². The van der Waals surface area contributed by atoms with E-state index in [0.717, 1.165) is 31.0 Å². The third-order valence-corrected chi connectivity index (χ3v) is 6.97. The third-order valence-electron chi connectivity index (χ3n) is 4.50. The van der Waals surface area contributed by atoms with Crippen LogP contribution in [0.3, 0.4) is 0 Å². The van der Waals surface area contributed by atoms with E-state index >= 15 is 0 Å². The van der Waals surface area contributed by atoms with Gasteiger partial charge in [0.05, 0.1) is 0 Å². The van der Waals surface area contributed by atoms with Crippen molar-refractivity contribution < 1.29 is 9.53 Å². The first-order chi connectivity index (χ1) is 10.2. The van der Waals surface area contributed by atoms with Crippen LogP contribution in [0.25, 0.3) is 0 Å². The quantitative estimate of drug-likeness (QED) is 0.446. The zero-order chi connectivity index (χ0) is 15.1. The van der Waals surface area contributed by atoms with Crippen LogP contribution in [0.15, 0.2) is 43.0 Å². The van der Waals surface area contributed by atoms with Crippen LogP contribution in [-0.2, 0) is 9.53 Å². The molecule has 0 N–H and O–H groups in total. The number of allylic oxidation sites excluding steroid dienone is 1. The van der Waals surface area contributed by atoms with Gasteiger partial charge < -0.3 is 0 Å². The SMILES string of the molecule is C=CC[C@@]1(C(=O)OC)CCCC[C@@H]1C[Se]c1ccccc1. The number of esters is 1. The van der Waals surface area contributed by atoms with Crippen molar-refractivity contribution in [1.29, 1.82) is 0 Å². The van der Waals surface area contributed by atoms with Gasteiger partial charge in [-0.1, -0.05) is 0 Å². The van der Waals surface area contributed by atoms with E-state index in [1.54, 1.807) is 0 Å². The van der Waals surface area contributed by atoms with E-state index in [4.69, 9.17) is 4.74 Å². The van der Waals surface area contributed by atoms with Gasteiger partial charge in [0, 0.05) is 0 Å². The first kappa shape index (κ1) is 16.3. The Morgan fingerprint density at radius 1 is 1.43 bits per heavy atom. The van der Waals surface area contributed by atoms with Gasteiger partial charge in [0.15, 0.2) is 0 Å². The van der Waals surface area contributed by atoms with Crippen molar-refractivity contribution >= 4 is 25.4 Å². The summed E-state index contributed by atoms with van der Waals surface area (Å²) >= 11 is 0.420. The van der Waals surface area contributed by atoms with Crippen molar-refractivity contribution in [3.05, 3.63) is 43.0 Å². The molecule has 2 atom stereocenters. The van der Waals surface area contributed by atoms with Crippen LogP contribution in [0.5, 0.6) is 0 Å². The molecule has 0 amide bonds. The van der Waals surface area contributed by atoms with Gasteiger partial charge in [-0.2, -0.15) is 0 Å². The molecule has 1 fully saturated rings. The predicted molar refractivity (Wildman–Crippen MR) is 87.9 cm³/mol. The number of rotatable bonds is 6. The fourth-order valence-corrected chi connectivity index (χ4v) is 5.93. The summed E-state index contributed by atoms with van der Waals surface area (Å²) in [6.45, 7) is 3.87. The van der Waals surface area contributed by atoms with Crippen LogP contribution in [0.1, 0.15) is 32.1 Å².